The van der Waals surface area contributed by atoms with Crippen LogP contribution in [0.25, 0.3) is 0 Å². The highest BCUT2D eigenvalue weighted by molar-refractivity contribution is 7.85. The molecule has 176 valence electrons. The molecule has 1 aromatic rings. The molecule has 0 bridgehead atoms. The highest BCUT2D eigenvalue weighted by Gasteiger charge is 2.53. The topological polar surface area (TPSA) is 26.3 Å². The second-order valence-corrected chi connectivity index (χ2v) is 17.0. The Hall–Kier alpha value is -0.453. The van der Waals surface area contributed by atoms with Crippen LogP contribution in [-0.2, 0) is 15.2 Å². The summed E-state index contributed by atoms with van der Waals surface area (Å²) in [6, 6.07) is 12.0. The molecule has 0 saturated heterocycles. The van der Waals surface area contributed by atoms with Crippen molar-refractivity contribution in [2.45, 2.75) is 109 Å². The van der Waals surface area contributed by atoms with E-state index in [4.69, 9.17) is 4.43 Å². The summed E-state index contributed by atoms with van der Waals surface area (Å²) in [4.78, 5) is 0.986. The number of aryl methyl sites for hydroxylation is 1. The maximum absolute atomic E-state index is 12.8. The Morgan fingerprint density at radius 3 is 2.35 bits per heavy atom. The minimum atomic E-state index is -1.56. The Morgan fingerprint density at radius 2 is 1.74 bits per heavy atom. The van der Waals surface area contributed by atoms with Crippen LogP contribution in [0.1, 0.15) is 78.7 Å². The average Bonchev–Trinajstić information content (AvgIpc) is 3.14. The van der Waals surface area contributed by atoms with Gasteiger partial charge in [0.2, 0.25) is 0 Å². The van der Waals surface area contributed by atoms with E-state index in [1.54, 1.807) is 0 Å². The standard InChI is InChI=1S/C27H46O2SSi/c1-7-31(8-2,9-3)29-26-11-10-19-27(6)24(16-17-25(26)27)22(5)18-20-30(28)23-14-12-21(4)13-15-23/h12-15,22,24-26H,7-11,16-20H2,1-6H3/t22-,24-,25?,26+,27-,30?/m1/s1. The van der Waals surface area contributed by atoms with Crippen LogP contribution in [0.15, 0.2) is 29.2 Å². The van der Waals surface area contributed by atoms with E-state index >= 15 is 0 Å². The Morgan fingerprint density at radius 1 is 1.10 bits per heavy atom. The van der Waals surface area contributed by atoms with Gasteiger partial charge < -0.3 is 4.43 Å². The summed E-state index contributed by atoms with van der Waals surface area (Å²) < 4.78 is 19.9. The molecule has 0 aliphatic heterocycles. The van der Waals surface area contributed by atoms with Crippen molar-refractivity contribution in [2.75, 3.05) is 5.75 Å². The molecule has 3 rings (SSSR count). The van der Waals surface area contributed by atoms with Crippen molar-refractivity contribution in [2.24, 2.45) is 23.2 Å². The van der Waals surface area contributed by atoms with E-state index in [0.29, 0.717) is 17.4 Å². The smallest absolute Gasteiger partial charge is 0.192 e. The molecule has 2 unspecified atom stereocenters. The molecule has 0 spiro atoms. The molecular formula is C27H46O2SSi. The summed E-state index contributed by atoms with van der Waals surface area (Å²) in [7, 11) is -2.44. The average molecular weight is 463 g/mol. The third-order valence-corrected chi connectivity index (χ3v) is 15.3. The Bertz CT molecular complexity index is 721. The number of rotatable bonds is 10. The van der Waals surface area contributed by atoms with Crippen LogP contribution in [0.3, 0.4) is 0 Å². The first-order chi connectivity index (χ1) is 14.8. The van der Waals surface area contributed by atoms with Gasteiger partial charge in [0.25, 0.3) is 0 Å². The fourth-order valence-electron chi connectivity index (χ4n) is 6.86. The zero-order valence-corrected chi connectivity index (χ0v) is 22.7. The molecule has 2 saturated carbocycles. The Labute approximate surface area is 195 Å². The van der Waals surface area contributed by atoms with Gasteiger partial charge in [0, 0.05) is 16.8 Å². The normalized spacial score (nSPS) is 30.7. The van der Waals surface area contributed by atoms with Gasteiger partial charge in [-0.2, -0.15) is 0 Å². The molecule has 2 fully saturated rings. The minimum absolute atomic E-state index is 0.406. The lowest BCUT2D eigenvalue weighted by Crippen LogP contribution is -2.48. The molecule has 2 nitrogen and oxygen atoms in total. The van der Waals surface area contributed by atoms with Gasteiger partial charge in [0.1, 0.15) is 0 Å². The van der Waals surface area contributed by atoms with E-state index in [9.17, 15) is 4.21 Å². The van der Waals surface area contributed by atoms with Crippen LogP contribution in [0, 0.1) is 30.1 Å². The molecule has 0 heterocycles. The Balaban J connectivity index is 1.64. The van der Waals surface area contributed by atoms with Crippen LogP contribution in [0.2, 0.25) is 18.1 Å². The molecular weight excluding hydrogens is 416 g/mol. The van der Waals surface area contributed by atoms with Crippen molar-refractivity contribution < 1.29 is 8.63 Å². The van der Waals surface area contributed by atoms with E-state index in [2.05, 4.69) is 53.7 Å². The number of fused-ring (bicyclic) bond motifs is 1. The second-order valence-electron chi connectivity index (χ2n) is 10.7. The van der Waals surface area contributed by atoms with Gasteiger partial charge >= 0.3 is 0 Å². The lowest BCUT2D eigenvalue weighted by molar-refractivity contribution is -0.0196. The van der Waals surface area contributed by atoms with E-state index < -0.39 is 19.1 Å². The van der Waals surface area contributed by atoms with E-state index in [1.165, 1.54) is 55.8 Å². The summed E-state index contributed by atoms with van der Waals surface area (Å²) in [6.07, 6.45) is 8.16. The van der Waals surface area contributed by atoms with Crippen molar-refractivity contribution in [3.05, 3.63) is 29.8 Å². The predicted octanol–water partition coefficient (Wildman–Crippen LogP) is 7.74. The highest BCUT2D eigenvalue weighted by atomic mass is 32.2. The third-order valence-electron chi connectivity index (χ3n) is 9.20. The van der Waals surface area contributed by atoms with Crippen LogP contribution in [0.4, 0.5) is 0 Å². The molecule has 0 N–H and O–H groups in total. The minimum Gasteiger partial charge on any atom is -0.414 e. The summed E-state index contributed by atoms with van der Waals surface area (Å²) >= 11 is 0. The Kier molecular flexibility index (Phi) is 8.65. The quantitative estimate of drug-likeness (QED) is 0.332. The summed E-state index contributed by atoms with van der Waals surface area (Å²) in [5, 5.41) is 0. The van der Waals surface area contributed by atoms with Gasteiger partial charge in [0.05, 0.1) is 10.8 Å². The lowest BCUT2D eigenvalue weighted by atomic mass is 9.61. The maximum atomic E-state index is 12.8. The van der Waals surface area contributed by atoms with Gasteiger partial charge in [-0.1, -0.05) is 58.7 Å². The number of hydrogen-bond acceptors (Lipinski definition) is 2. The van der Waals surface area contributed by atoms with Crippen molar-refractivity contribution in [1.82, 2.24) is 0 Å². The zero-order chi connectivity index (χ0) is 22.6. The van der Waals surface area contributed by atoms with E-state index in [-0.39, 0.29) is 0 Å². The molecule has 1 aromatic carbocycles. The first-order valence-electron chi connectivity index (χ1n) is 12.9. The summed E-state index contributed by atoms with van der Waals surface area (Å²) in [5.74, 6) is 2.90. The van der Waals surface area contributed by atoms with Crippen molar-refractivity contribution in [3.8, 4) is 0 Å². The number of hydrogen-bond donors (Lipinski definition) is 0. The second kappa shape index (κ2) is 10.7. The van der Waals surface area contributed by atoms with Crippen molar-refractivity contribution in [3.63, 3.8) is 0 Å². The summed E-state index contributed by atoms with van der Waals surface area (Å²) in [5.41, 5.74) is 1.64. The van der Waals surface area contributed by atoms with Gasteiger partial charge in [-0.3, -0.25) is 4.21 Å². The van der Waals surface area contributed by atoms with Gasteiger partial charge in [-0.15, -0.1) is 0 Å². The third kappa shape index (κ3) is 5.38. The van der Waals surface area contributed by atoms with E-state index in [1.807, 2.05) is 12.1 Å². The molecule has 2 aliphatic rings. The molecule has 31 heavy (non-hydrogen) atoms. The van der Waals surface area contributed by atoms with Gasteiger partial charge in [-0.05, 0) is 92.5 Å². The lowest BCUT2D eigenvalue weighted by Gasteiger charge is -2.49. The molecule has 0 radical (unpaired) electrons. The van der Waals surface area contributed by atoms with Crippen LogP contribution < -0.4 is 0 Å². The first kappa shape index (κ1) is 25.2. The zero-order valence-electron chi connectivity index (χ0n) is 20.9. The molecule has 0 amide bonds. The van der Waals surface area contributed by atoms with E-state index in [0.717, 1.165) is 28.9 Å². The number of benzene rings is 1. The van der Waals surface area contributed by atoms with Crippen LogP contribution in [0.5, 0.6) is 0 Å². The molecule has 2 aliphatic carbocycles. The SMILES string of the molecule is CC[Si](CC)(CC)O[C@H]1CCC[C@@]2(C)C1CC[C@@H]2[C@H](C)CCS(=O)c1ccc(C)cc1. The van der Waals surface area contributed by atoms with Crippen LogP contribution >= 0.6 is 0 Å². The van der Waals surface area contributed by atoms with Crippen molar-refractivity contribution >= 4 is 19.1 Å². The van der Waals surface area contributed by atoms with Gasteiger partial charge in [-0.25, -0.2) is 0 Å². The fraction of sp³-hybridized carbons (Fsp3) is 0.778. The fourth-order valence-corrected chi connectivity index (χ4v) is 11.0. The molecule has 0 aromatic heterocycles. The highest BCUT2D eigenvalue weighted by Crippen LogP contribution is 2.59. The monoisotopic (exact) mass is 462 g/mol. The largest absolute Gasteiger partial charge is 0.414 e. The summed E-state index contributed by atoms with van der Waals surface area (Å²) in [6.45, 7) is 14.2. The van der Waals surface area contributed by atoms with Crippen molar-refractivity contribution in [1.29, 1.82) is 0 Å². The molecule has 4 heteroatoms. The first-order valence-corrected chi connectivity index (χ1v) is 16.8. The maximum Gasteiger partial charge on any atom is 0.192 e. The van der Waals surface area contributed by atoms with Gasteiger partial charge in [0.15, 0.2) is 8.32 Å². The van der Waals surface area contributed by atoms with Crippen LogP contribution in [-0.4, -0.2) is 24.4 Å². The molecule has 6 atom stereocenters. The predicted molar refractivity (Wildman–Crippen MR) is 136 cm³/mol.